The average Bonchev–Trinajstić information content (AvgIpc) is 2.90. The number of rotatable bonds is 3. The normalized spacial score (nSPS) is 15.8. The minimum Gasteiger partial charge on any atom is -0.469 e. The molecule has 0 unspecified atom stereocenters. The van der Waals surface area contributed by atoms with E-state index in [-0.39, 0.29) is 24.3 Å². The molecule has 0 N–H and O–H groups in total. The van der Waals surface area contributed by atoms with Crippen LogP contribution in [0.2, 0.25) is 0 Å². The molecule has 7 nitrogen and oxygen atoms in total. The van der Waals surface area contributed by atoms with Crippen molar-refractivity contribution in [1.29, 1.82) is 0 Å². The minimum absolute atomic E-state index is 0.0568. The maximum atomic E-state index is 12.4. The molecule has 2 aromatic rings. The van der Waals surface area contributed by atoms with Gasteiger partial charge in [-0.15, -0.1) is 0 Å². The molecular formula is C16H18N2O5. The van der Waals surface area contributed by atoms with Crippen molar-refractivity contribution in [2.75, 3.05) is 20.2 Å². The number of amides is 1. The third kappa shape index (κ3) is 2.99. The zero-order valence-electron chi connectivity index (χ0n) is 12.9. The van der Waals surface area contributed by atoms with E-state index in [1.807, 2.05) is 0 Å². The standard InChI is InChI=1S/C16H18N2O5/c1-22-15(20)11-6-8-17(9-7-11)14(19)10-18-12-4-2-3-5-13(12)23-16(18)21/h2-5,11H,6-10H2,1H3. The quantitative estimate of drug-likeness (QED) is 0.789. The van der Waals surface area contributed by atoms with Gasteiger partial charge >= 0.3 is 11.7 Å². The zero-order valence-corrected chi connectivity index (χ0v) is 12.9. The number of methoxy groups -OCH3 is 1. The van der Waals surface area contributed by atoms with Gasteiger partial charge in [-0.05, 0) is 25.0 Å². The lowest BCUT2D eigenvalue weighted by Gasteiger charge is -2.30. The molecule has 0 radical (unpaired) electrons. The minimum atomic E-state index is -0.538. The van der Waals surface area contributed by atoms with E-state index in [9.17, 15) is 14.4 Å². The Labute approximate surface area is 132 Å². The molecule has 3 rings (SSSR count). The van der Waals surface area contributed by atoms with Crippen molar-refractivity contribution >= 4 is 23.0 Å². The molecule has 0 spiro atoms. The van der Waals surface area contributed by atoms with Crippen LogP contribution in [0.3, 0.4) is 0 Å². The zero-order chi connectivity index (χ0) is 16.4. The summed E-state index contributed by atoms with van der Waals surface area (Å²) in [5.41, 5.74) is 1.07. The molecule has 1 amide bonds. The molecule has 1 aliphatic rings. The second kappa shape index (κ2) is 6.28. The Hall–Kier alpha value is -2.57. The lowest BCUT2D eigenvalue weighted by molar-refractivity contribution is -0.149. The largest absolute Gasteiger partial charge is 0.469 e. The number of carbonyl (C=O) groups is 2. The van der Waals surface area contributed by atoms with Crippen molar-refractivity contribution in [2.45, 2.75) is 19.4 Å². The van der Waals surface area contributed by atoms with Crippen LogP contribution in [0.5, 0.6) is 0 Å². The summed E-state index contributed by atoms with van der Waals surface area (Å²) in [7, 11) is 1.37. The maximum absolute atomic E-state index is 12.4. The van der Waals surface area contributed by atoms with Crippen LogP contribution in [0, 0.1) is 5.92 Å². The van der Waals surface area contributed by atoms with Gasteiger partial charge in [-0.1, -0.05) is 12.1 Å². The van der Waals surface area contributed by atoms with Gasteiger partial charge in [-0.3, -0.25) is 14.2 Å². The van der Waals surface area contributed by atoms with Crippen LogP contribution >= 0.6 is 0 Å². The summed E-state index contributed by atoms with van der Waals surface area (Å²) in [6.07, 6.45) is 1.17. The first-order valence-electron chi connectivity index (χ1n) is 7.54. The number of nitrogens with zero attached hydrogens (tertiary/aromatic N) is 2. The highest BCUT2D eigenvalue weighted by Gasteiger charge is 2.28. The topological polar surface area (TPSA) is 81.8 Å². The maximum Gasteiger partial charge on any atom is 0.420 e. The van der Waals surface area contributed by atoms with Crippen LogP contribution in [0.1, 0.15) is 12.8 Å². The Morgan fingerprint density at radius 2 is 1.96 bits per heavy atom. The molecule has 1 saturated heterocycles. The Kier molecular flexibility index (Phi) is 4.18. The lowest BCUT2D eigenvalue weighted by atomic mass is 9.97. The molecule has 2 heterocycles. The number of ether oxygens (including phenoxy) is 1. The first-order chi connectivity index (χ1) is 11.1. The van der Waals surface area contributed by atoms with Crippen molar-refractivity contribution in [1.82, 2.24) is 9.47 Å². The first-order valence-corrected chi connectivity index (χ1v) is 7.54. The van der Waals surface area contributed by atoms with E-state index in [0.29, 0.717) is 37.0 Å². The van der Waals surface area contributed by atoms with Crippen LogP contribution < -0.4 is 5.76 Å². The van der Waals surface area contributed by atoms with Gasteiger partial charge in [0.2, 0.25) is 5.91 Å². The smallest absolute Gasteiger partial charge is 0.420 e. The van der Waals surface area contributed by atoms with Gasteiger partial charge in [-0.2, -0.15) is 0 Å². The third-order valence-electron chi connectivity index (χ3n) is 4.25. The number of piperidine rings is 1. The fourth-order valence-electron chi connectivity index (χ4n) is 2.93. The first kappa shape index (κ1) is 15.3. The molecule has 23 heavy (non-hydrogen) atoms. The van der Waals surface area contributed by atoms with E-state index in [1.54, 1.807) is 29.2 Å². The Bertz CT molecular complexity index is 783. The Morgan fingerprint density at radius 3 is 2.65 bits per heavy atom. The molecule has 1 fully saturated rings. The fourth-order valence-corrected chi connectivity index (χ4v) is 2.93. The monoisotopic (exact) mass is 318 g/mol. The molecule has 0 saturated carbocycles. The average molecular weight is 318 g/mol. The number of esters is 1. The number of para-hydroxylation sites is 2. The molecule has 0 atom stereocenters. The van der Waals surface area contributed by atoms with Crippen molar-refractivity contribution in [3.8, 4) is 0 Å². The molecule has 0 aliphatic carbocycles. The molecular weight excluding hydrogens is 300 g/mol. The van der Waals surface area contributed by atoms with E-state index >= 15 is 0 Å². The number of oxazole rings is 1. The lowest BCUT2D eigenvalue weighted by Crippen LogP contribution is -2.42. The molecule has 1 aromatic heterocycles. The number of carbonyl (C=O) groups excluding carboxylic acids is 2. The van der Waals surface area contributed by atoms with Crippen molar-refractivity contribution in [2.24, 2.45) is 5.92 Å². The molecule has 7 heteroatoms. The summed E-state index contributed by atoms with van der Waals surface area (Å²) < 4.78 is 11.2. The van der Waals surface area contributed by atoms with E-state index in [1.165, 1.54) is 11.7 Å². The molecule has 1 aliphatic heterocycles. The van der Waals surface area contributed by atoms with Crippen molar-refractivity contribution < 1.29 is 18.7 Å². The summed E-state index contributed by atoms with van der Waals surface area (Å²) in [6, 6.07) is 7.01. The third-order valence-corrected chi connectivity index (χ3v) is 4.25. The van der Waals surface area contributed by atoms with Crippen LogP contribution in [0.4, 0.5) is 0 Å². The highest BCUT2D eigenvalue weighted by atomic mass is 16.5. The van der Waals surface area contributed by atoms with E-state index < -0.39 is 5.76 Å². The molecule has 1 aromatic carbocycles. The molecule has 0 bridgehead atoms. The number of likely N-dealkylation sites (tertiary alicyclic amines) is 1. The van der Waals surface area contributed by atoms with Gasteiger partial charge in [0.1, 0.15) is 6.54 Å². The highest BCUT2D eigenvalue weighted by molar-refractivity contribution is 5.80. The fraction of sp³-hybridized carbons (Fsp3) is 0.438. The van der Waals surface area contributed by atoms with Gasteiger partial charge in [-0.25, -0.2) is 4.79 Å². The predicted octanol–water partition coefficient (Wildman–Crippen LogP) is 1.01. The molecule has 122 valence electrons. The van der Waals surface area contributed by atoms with E-state index in [4.69, 9.17) is 9.15 Å². The van der Waals surface area contributed by atoms with E-state index in [0.717, 1.165) is 0 Å². The van der Waals surface area contributed by atoms with Crippen molar-refractivity contribution in [3.05, 3.63) is 34.8 Å². The van der Waals surface area contributed by atoms with Gasteiger partial charge in [0.05, 0.1) is 18.5 Å². The Balaban J connectivity index is 1.69. The van der Waals surface area contributed by atoms with Gasteiger partial charge < -0.3 is 14.1 Å². The highest BCUT2D eigenvalue weighted by Crippen LogP contribution is 2.19. The predicted molar refractivity (Wildman–Crippen MR) is 81.8 cm³/mol. The number of benzene rings is 1. The second-order valence-electron chi connectivity index (χ2n) is 5.60. The van der Waals surface area contributed by atoms with Gasteiger partial charge in [0.25, 0.3) is 0 Å². The summed E-state index contributed by atoms with van der Waals surface area (Å²) in [5, 5.41) is 0. The summed E-state index contributed by atoms with van der Waals surface area (Å²) >= 11 is 0. The van der Waals surface area contributed by atoms with Crippen molar-refractivity contribution in [3.63, 3.8) is 0 Å². The van der Waals surface area contributed by atoms with Gasteiger partial charge in [0, 0.05) is 13.1 Å². The van der Waals surface area contributed by atoms with Gasteiger partial charge in [0.15, 0.2) is 5.58 Å². The Morgan fingerprint density at radius 1 is 1.26 bits per heavy atom. The number of fused-ring (bicyclic) bond motifs is 1. The number of hydrogen-bond donors (Lipinski definition) is 0. The number of hydrogen-bond acceptors (Lipinski definition) is 5. The number of aromatic nitrogens is 1. The van der Waals surface area contributed by atoms with Crippen LogP contribution in [0.25, 0.3) is 11.1 Å². The summed E-state index contributed by atoms with van der Waals surface area (Å²) in [6.45, 7) is 0.922. The second-order valence-corrected chi connectivity index (χ2v) is 5.60. The summed E-state index contributed by atoms with van der Waals surface area (Å²) in [4.78, 5) is 37.5. The van der Waals surface area contributed by atoms with Crippen LogP contribution in [-0.4, -0.2) is 41.5 Å². The SMILES string of the molecule is COC(=O)C1CCN(C(=O)Cn2c(=O)oc3ccccc32)CC1. The van der Waals surface area contributed by atoms with Crippen LogP contribution in [-0.2, 0) is 20.9 Å². The van der Waals surface area contributed by atoms with Crippen LogP contribution in [0.15, 0.2) is 33.5 Å². The van der Waals surface area contributed by atoms with E-state index in [2.05, 4.69) is 0 Å². The summed E-state index contributed by atoms with van der Waals surface area (Å²) in [5.74, 6) is -1.07.